The number of hydrogen-bond donors (Lipinski definition) is 2. The maximum atomic E-state index is 12.5. The lowest BCUT2D eigenvalue weighted by molar-refractivity contribution is -0.147. The fraction of sp³-hybridized carbons (Fsp3) is 0.318. The average molecular weight is 477 g/mol. The van der Waals surface area contributed by atoms with Crippen molar-refractivity contribution in [1.29, 1.82) is 0 Å². The highest BCUT2D eigenvalue weighted by atomic mass is 32.2. The highest BCUT2D eigenvalue weighted by molar-refractivity contribution is 7.91. The summed E-state index contributed by atoms with van der Waals surface area (Å²) in [6.07, 6.45) is -0.460. The molecule has 0 fully saturated rings. The topological polar surface area (TPSA) is 137 Å². The fourth-order valence-electron chi connectivity index (χ4n) is 3.04. The molecule has 0 bridgehead atoms. The number of imide groups is 1. The normalized spacial score (nSPS) is 12.5. The summed E-state index contributed by atoms with van der Waals surface area (Å²) >= 11 is 0. The Morgan fingerprint density at radius 1 is 1.00 bits per heavy atom. The van der Waals surface area contributed by atoms with Crippen LogP contribution in [-0.2, 0) is 24.2 Å². The molecule has 0 aromatic heterocycles. The Labute approximate surface area is 191 Å². The molecular formula is C22H24N2O8S. The Balaban J connectivity index is 1.44. The van der Waals surface area contributed by atoms with Gasteiger partial charge in [0.25, 0.3) is 5.91 Å². The van der Waals surface area contributed by atoms with Gasteiger partial charge < -0.3 is 19.5 Å². The number of nitrogens with one attached hydrogen (secondary N) is 2. The molecule has 2 N–H and O–H groups in total. The van der Waals surface area contributed by atoms with Gasteiger partial charge >= 0.3 is 12.0 Å². The van der Waals surface area contributed by atoms with Crippen LogP contribution in [0.4, 0.5) is 10.5 Å². The van der Waals surface area contributed by atoms with Crippen LogP contribution in [0.3, 0.4) is 0 Å². The van der Waals surface area contributed by atoms with E-state index in [0.717, 1.165) is 11.1 Å². The van der Waals surface area contributed by atoms with Crippen molar-refractivity contribution in [2.75, 3.05) is 30.9 Å². The molecule has 1 aliphatic heterocycles. The number of fused-ring (bicyclic) bond motifs is 1. The maximum absolute atomic E-state index is 12.5. The molecule has 0 aliphatic carbocycles. The molecule has 0 saturated carbocycles. The average Bonchev–Trinajstić information content (AvgIpc) is 2.78. The zero-order valence-corrected chi connectivity index (χ0v) is 19.0. The number of amides is 3. The highest BCUT2D eigenvalue weighted by Crippen LogP contribution is 2.32. The van der Waals surface area contributed by atoms with Crippen LogP contribution in [0, 0.1) is 13.8 Å². The summed E-state index contributed by atoms with van der Waals surface area (Å²) in [4.78, 5) is 35.7. The van der Waals surface area contributed by atoms with Crippen molar-refractivity contribution >= 4 is 33.4 Å². The number of carbonyl (C=O) groups is 3. The summed E-state index contributed by atoms with van der Waals surface area (Å²) in [5.74, 6) is -1.48. The largest absolute Gasteiger partial charge is 0.486 e. The van der Waals surface area contributed by atoms with Crippen LogP contribution in [0.1, 0.15) is 17.5 Å². The van der Waals surface area contributed by atoms with Gasteiger partial charge in [-0.25, -0.2) is 13.2 Å². The monoisotopic (exact) mass is 476 g/mol. The van der Waals surface area contributed by atoms with E-state index in [4.69, 9.17) is 14.2 Å². The molecular weight excluding hydrogens is 452 g/mol. The lowest BCUT2D eigenvalue weighted by atomic mass is 10.1. The summed E-state index contributed by atoms with van der Waals surface area (Å²) in [6, 6.07) is 8.82. The highest BCUT2D eigenvalue weighted by Gasteiger charge is 2.21. The Morgan fingerprint density at radius 3 is 2.45 bits per heavy atom. The number of ether oxygens (including phenoxy) is 3. The van der Waals surface area contributed by atoms with Gasteiger partial charge in [0.05, 0.1) is 17.1 Å². The third-order valence-corrected chi connectivity index (χ3v) is 6.41. The van der Waals surface area contributed by atoms with E-state index in [9.17, 15) is 22.8 Å². The molecule has 0 radical (unpaired) electrons. The SMILES string of the molecule is Cc1ccc(NC(=O)NC(=O)COC(=O)CCS(=O)(=O)c2ccc3c(c2)OCCO3)c(C)c1. The van der Waals surface area contributed by atoms with E-state index in [1.54, 1.807) is 6.07 Å². The summed E-state index contributed by atoms with van der Waals surface area (Å²) in [7, 11) is -3.79. The van der Waals surface area contributed by atoms with Crippen LogP contribution in [-0.4, -0.2) is 51.9 Å². The van der Waals surface area contributed by atoms with Crippen molar-refractivity contribution in [1.82, 2.24) is 5.32 Å². The first-order valence-electron chi connectivity index (χ1n) is 10.1. The van der Waals surface area contributed by atoms with Crippen molar-refractivity contribution in [3.05, 3.63) is 47.5 Å². The predicted octanol–water partition coefficient (Wildman–Crippen LogP) is 2.13. The first-order chi connectivity index (χ1) is 15.6. The molecule has 3 amide bonds. The van der Waals surface area contributed by atoms with Gasteiger partial charge in [-0.05, 0) is 37.6 Å². The Hall–Kier alpha value is -3.60. The third-order valence-electron chi connectivity index (χ3n) is 4.69. The zero-order chi connectivity index (χ0) is 24.0. The van der Waals surface area contributed by atoms with Crippen molar-refractivity contribution in [2.45, 2.75) is 25.2 Å². The second kappa shape index (κ2) is 10.3. The number of benzene rings is 2. The molecule has 11 heteroatoms. The van der Waals surface area contributed by atoms with Gasteiger partial charge in [0.1, 0.15) is 13.2 Å². The number of hydrogen-bond acceptors (Lipinski definition) is 8. The van der Waals surface area contributed by atoms with Crippen molar-refractivity contribution in [2.24, 2.45) is 0 Å². The van der Waals surface area contributed by atoms with Gasteiger partial charge in [-0.15, -0.1) is 0 Å². The van der Waals surface area contributed by atoms with E-state index in [1.807, 2.05) is 31.3 Å². The predicted molar refractivity (Wildman–Crippen MR) is 118 cm³/mol. The van der Waals surface area contributed by atoms with Crippen LogP contribution in [0.2, 0.25) is 0 Å². The molecule has 2 aromatic carbocycles. The van der Waals surface area contributed by atoms with Gasteiger partial charge in [0, 0.05) is 11.8 Å². The lowest BCUT2D eigenvalue weighted by Gasteiger charge is -2.18. The van der Waals surface area contributed by atoms with Gasteiger partial charge in [0.15, 0.2) is 27.9 Å². The smallest absolute Gasteiger partial charge is 0.325 e. The molecule has 0 saturated heterocycles. The fourth-order valence-corrected chi connectivity index (χ4v) is 4.27. The van der Waals surface area contributed by atoms with Crippen LogP contribution in [0.15, 0.2) is 41.3 Å². The summed E-state index contributed by atoms with van der Waals surface area (Å²) in [6.45, 7) is 3.70. The van der Waals surface area contributed by atoms with Gasteiger partial charge in [0.2, 0.25) is 0 Å². The first kappa shape index (κ1) is 24.1. The second-order valence-corrected chi connectivity index (χ2v) is 9.46. The number of urea groups is 1. The van der Waals surface area contributed by atoms with E-state index >= 15 is 0 Å². The van der Waals surface area contributed by atoms with Crippen LogP contribution in [0.25, 0.3) is 0 Å². The molecule has 0 unspecified atom stereocenters. The summed E-state index contributed by atoms with van der Waals surface area (Å²) in [5.41, 5.74) is 2.38. The van der Waals surface area contributed by atoms with Crippen molar-refractivity contribution < 1.29 is 37.0 Å². The van der Waals surface area contributed by atoms with Gasteiger partial charge in [-0.3, -0.25) is 14.9 Å². The molecule has 0 spiro atoms. The standard InChI is InChI=1S/C22H24N2O8S/c1-14-3-5-17(15(2)11-14)23-22(27)24-20(25)13-32-21(26)7-10-33(28,29)16-4-6-18-19(12-16)31-9-8-30-18/h3-6,11-12H,7-10,13H2,1-2H3,(H2,23,24,25,27). The number of sulfone groups is 1. The minimum absolute atomic E-state index is 0.0136. The maximum Gasteiger partial charge on any atom is 0.325 e. The number of carbonyl (C=O) groups excluding carboxylic acids is 3. The second-order valence-electron chi connectivity index (χ2n) is 7.36. The number of anilines is 1. The molecule has 10 nitrogen and oxygen atoms in total. The third kappa shape index (κ3) is 6.69. The number of esters is 1. The van der Waals surface area contributed by atoms with E-state index < -0.39 is 46.5 Å². The van der Waals surface area contributed by atoms with E-state index in [2.05, 4.69) is 5.32 Å². The molecule has 33 heavy (non-hydrogen) atoms. The quantitative estimate of drug-likeness (QED) is 0.580. The van der Waals surface area contributed by atoms with Crippen LogP contribution >= 0.6 is 0 Å². The first-order valence-corrected chi connectivity index (χ1v) is 11.8. The zero-order valence-electron chi connectivity index (χ0n) is 18.2. The number of rotatable bonds is 7. The lowest BCUT2D eigenvalue weighted by Crippen LogP contribution is -2.37. The van der Waals surface area contributed by atoms with E-state index in [-0.39, 0.29) is 4.90 Å². The van der Waals surface area contributed by atoms with Crippen LogP contribution in [0.5, 0.6) is 11.5 Å². The van der Waals surface area contributed by atoms with E-state index in [1.165, 1.54) is 18.2 Å². The molecule has 0 atom stereocenters. The minimum atomic E-state index is -3.79. The molecule has 2 aromatic rings. The number of aryl methyl sites for hydroxylation is 2. The van der Waals surface area contributed by atoms with Crippen LogP contribution < -0.4 is 20.1 Å². The van der Waals surface area contributed by atoms with E-state index in [0.29, 0.717) is 30.4 Å². The molecule has 3 rings (SSSR count). The molecule has 176 valence electrons. The minimum Gasteiger partial charge on any atom is -0.486 e. The Bertz CT molecular complexity index is 1180. The van der Waals surface area contributed by atoms with Gasteiger partial charge in [-0.2, -0.15) is 0 Å². The summed E-state index contributed by atoms with van der Waals surface area (Å²) in [5, 5.41) is 4.57. The van der Waals surface area contributed by atoms with Crippen molar-refractivity contribution in [3.8, 4) is 11.5 Å². The summed E-state index contributed by atoms with van der Waals surface area (Å²) < 4.78 is 40.5. The Morgan fingerprint density at radius 2 is 1.73 bits per heavy atom. The Kier molecular flexibility index (Phi) is 7.54. The van der Waals surface area contributed by atoms with Crippen molar-refractivity contribution in [3.63, 3.8) is 0 Å². The van der Waals surface area contributed by atoms with Gasteiger partial charge in [-0.1, -0.05) is 17.7 Å². The molecule has 1 heterocycles. The molecule has 1 aliphatic rings.